The number of ether oxygens (including phenoxy) is 2. The molecule has 1 aromatic heterocycles. The van der Waals surface area contributed by atoms with Crippen LogP contribution in [0.3, 0.4) is 0 Å². The van der Waals surface area contributed by atoms with Crippen LogP contribution in [0.15, 0.2) is 51.7 Å². The summed E-state index contributed by atoms with van der Waals surface area (Å²) in [6.45, 7) is 0. The van der Waals surface area contributed by atoms with Crippen molar-refractivity contribution in [1.29, 1.82) is 0 Å². The Morgan fingerprint density at radius 3 is 2.45 bits per heavy atom. The number of carbonyl (C=O) groups is 1. The smallest absolute Gasteiger partial charge is 0.335 e. The first-order valence-electron chi connectivity index (χ1n) is 9.25. The molecule has 10 heteroatoms. The summed E-state index contributed by atoms with van der Waals surface area (Å²) in [4.78, 5) is 23.7. The van der Waals surface area contributed by atoms with Crippen molar-refractivity contribution in [3.63, 3.8) is 0 Å². The molecule has 4 rings (SSSR count). The van der Waals surface area contributed by atoms with Gasteiger partial charge >= 0.3 is 5.97 Å². The molecule has 5 N–H and O–H groups in total. The van der Waals surface area contributed by atoms with Crippen LogP contribution < -0.4 is 10.2 Å². The van der Waals surface area contributed by atoms with Gasteiger partial charge in [-0.05, 0) is 0 Å². The number of hydrogen-bond donors (Lipinski definition) is 5. The highest BCUT2D eigenvalue weighted by atomic mass is 16.7. The number of carboxylic acid groups (broad SMARTS) is 1. The number of hydrogen-bond acceptors (Lipinski definition) is 9. The van der Waals surface area contributed by atoms with E-state index in [0.29, 0.717) is 5.56 Å². The normalized spacial score (nSPS) is 23.5. The molecule has 1 saturated heterocycles. The van der Waals surface area contributed by atoms with Gasteiger partial charge in [0.25, 0.3) is 0 Å². The van der Waals surface area contributed by atoms with Crippen molar-refractivity contribution in [1.82, 2.24) is 0 Å². The number of aliphatic carboxylic acids is 1. The third-order valence-corrected chi connectivity index (χ3v) is 4.93. The summed E-state index contributed by atoms with van der Waals surface area (Å²) < 4.78 is 16.3. The number of carboxylic acids is 1. The number of phenols is 2. The van der Waals surface area contributed by atoms with Crippen molar-refractivity contribution in [2.45, 2.75) is 31.0 Å². The van der Waals surface area contributed by atoms with E-state index >= 15 is 0 Å². The van der Waals surface area contributed by atoms with E-state index in [1.807, 2.05) is 0 Å². The lowest BCUT2D eigenvalue weighted by Crippen LogP contribution is -2.53. The average Bonchev–Trinajstić information content (AvgIpc) is 2.74. The van der Waals surface area contributed by atoms with Crippen LogP contribution in [-0.4, -0.2) is 56.1 Å². The molecule has 0 amide bonds. The molecule has 4 atom stereocenters. The monoisotopic (exact) mass is 430 g/mol. The SMILES string of the molecule is O=C(O)[C@@H]1O[C@@H](Oc2cc3oc(-c4ccccc4)cc(=O)c3c(O)c2O)C[C@@H](O)[C@H]1O. The maximum absolute atomic E-state index is 12.5. The molecule has 162 valence electrons. The molecule has 1 aliphatic heterocycles. The van der Waals surface area contributed by atoms with E-state index in [0.717, 1.165) is 6.07 Å². The van der Waals surface area contributed by atoms with E-state index in [1.165, 1.54) is 6.07 Å². The Balaban J connectivity index is 1.74. The third-order valence-electron chi connectivity index (χ3n) is 4.93. The van der Waals surface area contributed by atoms with Crippen molar-refractivity contribution in [2.75, 3.05) is 0 Å². The number of benzene rings is 2. The second-order valence-electron chi connectivity index (χ2n) is 7.02. The Morgan fingerprint density at radius 2 is 1.77 bits per heavy atom. The molecule has 0 saturated carbocycles. The van der Waals surface area contributed by atoms with Crippen LogP contribution in [0.5, 0.6) is 17.2 Å². The molecule has 2 aromatic carbocycles. The van der Waals surface area contributed by atoms with E-state index in [4.69, 9.17) is 19.0 Å². The summed E-state index contributed by atoms with van der Waals surface area (Å²) in [6.07, 6.45) is -6.56. The van der Waals surface area contributed by atoms with Crippen LogP contribution in [0, 0.1) is 0 Å². The van der Waals surface area contributed by atoms with Crippen molar-refractivity contribution < 1.29 is 44.2 Å². The van der Waals surface area contributed by atoms with Gasteiger partial charge in [-0.15, -0.1) is 0 Å². The maximum Gasteiger partial charge on any atom is 0.335 e. The second-order valence-corrected chi connectivity index (χ2v) is 7.02. The molecule has 3 aromatic rings. The van der Waals surface area contributed by atoms with Crippen LogP contribution in [0.1, 0.15) is 6.42 Å². The van der Waals surface area contributed by atoms with Gasteiger partial charge in [0.05, 0.1) is 6.10 Å². The first kappa shape index (κ1) is 20.7. The third kappa shape index (κ3) is 3.79. The minimum Gasteiger partial charge on any atom is -0.504 e. The van der Waals surface area contributed by atoms with E-state index in [2.05, 4.69) is 0 Å². The summed E-state index contributed by atoms with van der Waals surface area (Å²) in [5.41, 5.74) is -0.0887. The highest BCUT2D eigenvalue weighted by Crippen LogP contribution is 2.42. The number of aromatic hydroxyl groups is 2. The van der Waals surface area contributed by atoms with Crippen molar-refractivity contribution in [3.05, 3.63) is 52.7 Å². The maximum atomic E-state index is 12.5. The molecule has 1 aliphatic rings. The minimum absolute atomic E-state index is 0.0946. The van der Waals surface area contributed by atoms with Crippen molar-refractivity contribution in [2.24, 2.45) is 0 Å². The molecule has 1 fully saturated rings. The van der Waals surface area contributed by atoms with E-state index in [9.17, 15) is 30.0 Å². The quantitative estimate of drug-likeness (QED) is 0.379. The summed E-state index contributed by atoms with van der Waals surface area (Å²) in [5, 5.41) is 49.1. The standard InChI is InChI=1S/C21H18O10/c22-10-6-12(9-4-2-1-3-5-9)29-13-8-14(18(25)19(26)16(10)13)30-15-7-11(23)17(24)20(31-15)21(27)28/h1-6,8,11,15,17,20,23-26H,7H2,(H,27,28)/t11-,15-,17-,20-/m1/s1. The summed E-state index contributed by atoms with van der Waals surface area (Å²) in [6, 6.07) is 11.1. The summed E-state index contributed by atoms with van der Waals surface area (Å²) in [7, 11) is 0. The second kappa shape index (κ2) is 7.91. The molecular weight excluding hydrogens is 412 g/mol. The first-order chi connectivity index (χ1) is 14.8. The molecule has 0 aliphatic carbocycles. The van der Waals surface area contributed by atoms with Gasteiger partial charge < -0.3 is 39.4 Å². The van der Waals surface area contributed by atoms with Gasteiger partial charge in [0.2, 0.25) is 12.0 Å². The summed E-state index contributed by atoms with van der Waals surface area (Å²) in [5.74, 6) is -3.23. The number of fused-ring (bicyclic) bond motifs is 1. The van der Waals surface area contributed by atoms with Crippen LogP contribution in [0.4, 0.5) is 0 Å². The Morgan fingerprint density at radius 1 is 1.06 bits per heavy atom. The van der Waals surface area contributed by atoms with Crippen LogP contribution in [-0.2, 0) is 9.53 Å². The lowest BCUT2D eigenvalue weighted by molar-refractivity contribution is -0.228. The lowest BCUT2D eigenvalue weighted by atomic mass is 10.0. The van der Waals surface area contributed by atoms with Gasteiger partial charge in [-0.3, -0.25) is 4.79 Å². The molecule has 0 radical (unpaired) electrons. The zero-order valence-corrected chi connectivity index (χ0v) is 15.8. The van der Waals surface area contributed by atoms with Crippen LogP contribution >= 0.6 is 0 Å². The van der Waals surface area contributed by atoms with Gasteiger partial charge in [0.1, 0.15) is 22.8 Å². The number of aliphatic hydroxyl groups excluding tert-OH is 2. The fourth-order valence-electron chi connectivity index (χ4n) is 3.36. The molecule has 31 heavy (non-hydrogen) atoms. The lowest BCUT2D eigenvalue weighted by Gasteiger charge is -2.34. The van der Waals surface area contributed by atoms with Gasteiger partial charge in [0.15, 0.2) is 23.0 Å². The molecule has 10 nitrogen and oxygen atoms in total. The highest BCUT2D eigenvalue weighted by molar-refractivity contribution is 5.89. The average molecular weight is 430 g/mol. The van der Waals surface area contributed by atoms with Crippen molar-refractivity contribution in [3.8, 4) is 28.6 Å². The van der Waals surface area contributed by atoms with Crippen LogP contribution in [0.2, 0.25) is 0 Å². The molecule has 0 bridgehead atoms. The molecule has 0 unspecified atom stereocenters. The highest BCUT2D eigenvalue weighted by Gasteiger charge is 2.42. The predicted molar refractivity (Wildman–Crippen MR) is 105 cm³/mol. The Hall–Kier alpha value is -3.60. The summed E-state index contributed by atoms with van der Waals surface area (Å²) >= 11 is 0. The number of aliphatic hydroxyl groups is 2. The number of rotatable bonds is 4. The Bertz CT molecular complexity index is 1190. The van der Waals surface area contributed by atoms with Crippen LogP contribution in [0.25, 0.3) is 22.3 Å². The van der Waals surface area contributed by atoms with Gasteiger partial charge in [-0.1, -0.05) is 30.3 Å². The largest absolute Gasteiger partial charge is 0.504 e. The van der Waals surface area contributed by atoms with E-state index in [-0.39, 0.29) is 28.9 Å². The Kier molecular flexibility index (Phi) is 5.27. The van der Waals surface area contributed by atoms with Crippen molar-refractivity contribution >= 4 is 16.9 Å². The fraction of sp³-hybridized carbons (Fsp3) is 0.238. The topological polar surface area (TPSA) is 167 Å². The fourth-order valence-corrected chi connectivity index (χ4v) is 3.36. The van der Waals surface area contributed by atoms with Gasteiger partial charge in [0, 0.05) is 24.1 Å². The predicted octanol–water partition coefficient (Wildman–Crippen LogP) is 1.17. The van der Waals surface area contributed by atoms with Gasteiger partial charge in [-0.25, -0.2) is 4.79 Å². The minimum atomic E-state index is -1.76. The molecule has 0 spiro atoms. The number of phenolic OH excluding ortho intramolecular Hbond substituents is 2. The van der Waals surface area contributed by atoms with Gasteiger partial charge in [-0.2, -0.15) is 0 Å². The van der Waals surface area contributed by atoms with E-state index in [1.54, 1.807) is 30.3 Å². The zero-order valence-electron chi connectivity index (χ0n) is 15.8. The first-order valence-corrected chi connectivity index (χ1v) is 9.25. The van der Waals surface area contributed by atoms with E-state index < -0.39 is 47.5 Å². The molecular formula is C21H18O10. The zero-order chi connectivity index (χ0) is 22.3. The molecule has 2 heterocycles. The Labute approximate surface area is 174 Å².